The summed E-state index contributed by atoms with van der Waals surface area (Å²) in [7, 11) is 2.12. The number of hydrogen-bond acceptors (Lipinski definition) is 5. The van der Waals surface area contributed by atoms with Gasteiger partial charge in [-0.2, -0.15) is 0 Å². The van der Waals surface area contributed by atoms with Crippen molar-refractivity contribution in [3.63, 3.8) is 0 Å². The smallest absolute Gasteiger partial charge is 0.373 e. The fourth-order valence-corrected chi connectivity index (χ4v) is 4.79. The standard InChI is InChI=1S/C19H24N2O3Si/c1-22-25(23-2,24-3)19-11-9-17(10-12-19)15-20-13-14-21(16-20)18-7-5-4-6-8-18/h4-14H,15-16H2,1-3H3. The largest absolute Gasteiger partial charge is 0.536 e. The van der Waals surface area contributed by atoms with E-state index < -0.39 is 8.80 Å². The second-order valence-corrected chi connectivity index (χ2v) is 8.77. The molecule has 2 aromatic carbocycles. The van der Waals surface area contributed by atoms with Crippen LogP contribution in [-0.4, -0.2) is 41.7 Å². The number of anilines is 1. The van der Waals surface area contributed by atoms with Crippen LogP contribution in [0.15, 0.2) is 67.0 Å². The van der Waals surface area contributed by atoms with Crippen LogP contribution in [0.3, 0.4) is 0 Å². The summed E-state index contributed by atoms with van der Waals surface area (Å²) in [6.45, 7) is 1.69. The van der Waals surface area contributed by atoms with Gasteiger partial charge < -0.3 is 23.1 Å². The molecule has 0 saturated heterocycles. The normalized spacial score (nSPS) is 14.4. The summed E-state index contributed by atoms with van der Waals surface area (Å²) in [5.41, 5.74) is 2.43. The van der Waals surface area contributed by atoms with Crippen LogP contribution in [-0.2, 0) is 19.8 Å². The third-order valence-corrected chi connectivity index (χ3v) is 7.03. The maximum absolute atomic E-state index is 5.52. The molecule has 0 unspecified atom stereocenters. The first kappa shape index (κ1) is 17.7. The first-order chi connectivity index (χ1) is 12.2. The molecule has 5 nitrogen and oxygen atoms in total. The van der Waals surface area contributed by atoms with Crippen molar-refractivity contribution in [2.45, 2.75) is 6.54 Å². The van der Waals surface area contributed by atoms with Crippen LogP contribution in [0, 0.1) is 0 Å². The molecule has 0 atom stereocenters. The van der Waals surface area contributed by atoms with Crippen LogP contribution in [0.1, 0.15) is 5.56 Å². The van der Waals surface area contributed by atoms with Crippen molar-refractivity contribution in [2.75, 3.05) is 32.9 Å². The lowest BCUT2D eigenvalue weighted by molar-refractivity contribution is 0.140. The second-order valence-electron chi connectivity index (χ2n) is 5.86. The van der Waals surface area contributed by atoms with Crippen LogP contribution >= 0.6 is 0 Å². The number of para-hydroxylation sites is 1. The molecule has 0 saturated carbocycles. The van der Waals surface area contributed by atoms with Crippen molar-refractivity contribution in [1.82, 2.24) is 4.90 Å². The van der Waals surface area contributed by atoms with Gasteiger partial charge in [0.15, 0.2) is 0 Å². The molecular formula is C19H24N2O3Si. The molecule has 6 heteroatoms. The molecular weight excluding hydrogens is 332 g/mol. The molecule has 25 heavy (non-hydrogen) atoms. The Hall–Kier alpha value is -2.12. The highest BCUT2D eigenvalue weighted by atomic mass is 28.4. The fraction of sp³-hybridized carbons (Fsp3) is 0.263. The molecule has 0 N–H and O–H groups in total. The minimum Gasteiger partial charge on any atom is -0.373 e. The lowest BCUT2D eigenvalue weighted by atomic mass is 10.2. The molecule has 0 aliphatic carbocycles. The predicted octanol–water partition coefficient (Wildman–Crippen LogP) is 2.52. The first-order valence-electron chi connectivity index (χ1n) is 8.19. The van der Waals surface area contributed by atoms with E-state index in [0.717, 1.165) is 18.4 Å². The highest BCUT2D eigenvalue weighted by Gasteiger charge is 2.40. The lowest BCUT2D eigenvalue weighted by Gasteiger charge is -2.25. The van der Waals surface area contributed by atoms with E-state index in [0.29, 0.717) is 0 Å². The molecule has 0 aromatic heterocycles. The second kappa shape index (κ2) is 7.84. The van der Waals surface area contributed by atoms with Crippen molar-refractivity contribution >= 4 is 19.7 Å². The molecule has 1 aliphatic heterocycles. The highest BCUT2D eigenvalue weighted by Crippen LogP contribution is 2.20. The third-order valence-electron chi connectivity index (χ3n) is 4.38. The molecule has 2 aromatic rings. The van der Waals surface area contributed by atoms with Crippen LogP contribution in [0.4, 0.5) is 5.69 Å². The Bertz CT molecular complexity index is 694. The van der Waals surface area contributed by atoms with Crippen molar-refractivity contribution in [3.8, 4) is 0 Å². The zero-order valence-corrected chi connectivity index (χ0v) is 15.9. The third kappa shape index (κ3) is 3.77. The molecule has 1 aliphatic rings. The number of nitrogens with zero attached hydrogens (tertiary/aromatic N) is 2. The van der Waals surface area contributed by atoms with Gasteiger partial charge in [0.25, 0.3) is 0 Å². The van der Waals surface area contributed by atoms with E-state index in [2.05, 4.69) is 58.6 Å². The van der Waals surface area contributed by atoms with E-state index in [9.17, 15) is 0 Å². The van der Waals surface area contributed by atoms with E-state index >= 15 is 0 Å². The molecule has 0 amide bonds. The Morgan fingerprint density at radius 3 is 2.08 bits per heavy atom. The summed E-state index contributed by atoms with van der Waals surface area (Å²) in [5.74, 6) is 0. The van der Waals surface area contributed by atoms with Gasteiger partial charge in [0, 0.05) is 51.1 Å². The Labute approximate surface area is 150 Å². The Kier molecular flexibility index (Phi) is 5.55. The van der Waals surface area contributed by atoms with Crippen molar-refractivity contribution < 1.29 is 13.3 Å². The van der Waals surface area contributed by atoms with Gasteiger partial charge >= 0.3 is 8.80 Å². The van der Waals surface area contributed by atoms with E-state index in [4.69, 9.17) is 13.3 Å². The maximum Gasteiger partial charge on any atom is 0.536 e. The zero-order chi connectivity index (χ0) is 17.7. The van der Waals surface area contributed by atoms with Gasteiger partial charge in [-0.3, -0.25) is 0 Å². The van der Waals surface area contributed by atoms with E-state index in [1.54, 1.807) is 21.3 Å². The molecule has 0 spiro atoms. The summed E-state index contributed by atoms with van der Waals surface area (Å²) in [5, 5.41) is 0.964. The molecule has 132 valence electrons. The van der Waals surface area contributed by atoms with Crippen molar-refractivity contribution in [2.24, 2.45) is 0 Å². The van der Waals surface area contributed by atoms with Gasteiger partial charge in [0.1, 0.15) is 0 Å². The average Bonchev–Trinajstić information content (AvgIpc) is 3.14. The quantitative estimate of drug-likeness (QED) is 0.712. The van der Waals surface area contributed by atoms with E-state index in [-0.39, 0.29) is 0 Å². The Morgan fingerprint density at radius 2 is 1.48 bits per heavy atom. The molecule has 3 rings (SSSR count). The Morgan fingerprint density at radius 1 is 0.840 bits per heavy atom. The SMILES string of the molecule is CO[Si](OC)(OC)c1ccc(CN2C=CN(c3ccccc3)C2)cc1. The molecule has 0 bridgehead atoms. The van der Waals surface area contributed by atoms with Crippen molar-refractivity contribution in [3.05, 3.63) is 72.6 Å². The summed E-state index contributed by atoms with van der Waals surface area (Å²) in [4.78, 5) is 4.50. The number of hydrogen-bond donors (Lipinski definition) is 0. The molecule has 1 heterocycles. The fourth-order valence-electron chi connectivity index (χ4n) is 3.01. The minimum absolute atomic E-state index is 0.846. The monoisotopic (exact) mass is 356 g/mol. The summed E-state index contributed by atoms with van der Waals surface area (Å²) in [6, 6.07) is 18.7. The summed E-state index contributed by atoms with van der Waals surface area (Å²) in [6.07, 6.45) is 4.24. The van der Waals surface area contributed by atoms with Crippen LogP contribution in [0.5, 0.6) is 0 Å². The molecule has 0 radical (unpaired) electrons. The van der Waals surface area contributed by atoms with Crippen LogP contribution in [0.25, 0.3) is 0 Å². The predicted molar refractivity (Wildman–Crippen MR) is 101 cm³/mol. The maximum atomic E-state index is 5.52. The Balaban J connectivity index is 1.64. The average molecular weight is 356 g/mol. The molecule has 0 fully saturated rings. The number of rotatable bonds is 7. The highest BCUT2D eigenvalue weighted by molar-refractivity contribution is 6.75. The van der Waals surface area contributed by atoms with Gasteiger partial charge in [-0.15, -0.1) is 0 Å². The van der Waals surface area contributed by atoms with Gasteiger partial charge in [0.2, 0.25) is 0 Å². The number of benzene rings is 2. The van der Waals surface area contributed by atoms with Gasteiger partial charge in [-0.25, -0.2) is 0 Å². The summed E-state index contributed by atoms with van der Waals surface area (Å²) < 4.78 is 16.6. The van der Waals surface area contributed by atoms with Crippen molar-refractivity contribution in [1.29, 1.82) is 0 Å². The van der Waals surface area contributed by atoms with Crippen LogP contribution in [0.2, 0.25) is 0 Å². The van der Waals surface area contributed by atoms with E-state index in [1.165, 1.54) is 11.3 Å². The van der Waals surface area contributed by atoms with Gasteiger partial charge in [0.05, 0.1) is 6.67 Å². The summed E-state index contributed by atoms with van der Waals surface area (Å²) >= 11 is 0. The zero-order valence-electron chi connectivity index (χ0n) is 14.9. The lowest BCUT2D eigenvalue weighted by Crippen LogP contribution is -2.54. The first-order valence-corrected chi connectivity index (χ1v) is 9.92. The van der Waals surface area contributed by atoms with E-state index in [1.807, 2.05) is 18.2 Å². The van der Waals surface area contributed by atoms with Gasteiger partial charge in [-0.1, -0.05) is 42.5 Å². The van der Waals surface area contributed by atoms with Gasteiger partial charge in [-0.05, 0) is 17.7 Å². The minimum atomic E-state index is -2.75. The topological polar surface area (TPSA) is 34.2 Å². The van der Waals surface area contributed by atoms with Crippen LogP contribution < -0.4 is 10.1 Å².